The summed E-state index contributed by atoms with van der Waals surface area (Å²) < 4.78 is 2.41. The van der Waals surface area contributed by atoms with Crippen molar-refractivity contribution in [1.29, 1.82) is 0 Å². The number of hydrogen-bond donors (Lipinski definition) is 0. The molecule has 0 radical (unpaired) electrons. The van der Waals surface area contributed by atoms with Gasteiger partial charge in [0, 0.05) is 10.6 Å². The fourth-order valence-electron chi connectivity index (χ4n) is 1.78. The Morgan fingerprint density at radius 2 is 1.84 bits per heavy atom. The quantitative estimate of drug-likeness (QED) is 0.606. The summed E-state index contributed by atoms with van der Waals surface area (Å²) in [5.41, 5.74) is 2.45. The molecule has 96 valence electrons. The number of fused-ring (bicyclic) bond motifs is 1. The SMILES string of the molecule is CSc1ccc(CSc2nc3ccccc3s2)cc1. The van der Waals surface area contributed by atoms with Crippen LogP contribution in [0.15, 0.2) is 57.8 Å². The average molecular weight is 303 g/mol. The van der Waals surface area contributed by atoms with Gasteiger partial charge < -0.3 is 0 Å². The zero-order valence-electron chi connectivity index (χ0n) is 10.5. The number of para-hydroxylation sites is 1. The molecule has 3 aromatic rings. The zero-order valence-corrected chi connectivity index (χ0v) is 12.9. The molecule has 1 heterocycles. The van der Waals surface area contributed by atoms with Crippen LogP contribution in [-0.2, 0) is 5.75 Å². The van der Waals surface area contributed by atoms with Crippen molar-refractivity contribution < 1.29 is 0 Å². The van der Waals surface area contributed by atoms with Gasteiger partial charge in [-0.1, -0.05) is 36.0 Å². The molecule has 0 saturated carbocycles. The van der Waals surface area contributed by atoms with E-state index in [2.05, 4.69) is 53.7 Å². The molecule has 0 aliphatic heterocycles. The molecule has 1 nitrogen and oxygen atoms in total. The van der Waals surface area contributed by atoms with Crippen molar-refractivity contribution in [2.24, 2.45) is 0 Å². The summed E-state index contributed by atoms with van der Waals surface area (Å²) in [7, 11) is 0. The molecule has 19 heavy (non-hydrogen) atoms. The second-order valence-corrected chi connectivity index (χ2v) is 7.22. The number of thiazole rings is 1. The maximum Gasteiger partial charge on any atom is 0.151 e. The maximum atomic E-state index is 4.64. The minimum atomic E-state index is 0.981. The Labute approximate surface area is 125 Å². The summed E-state index contributed by atoms with van der Waals surface area (Å²) in [6.45, 7) is 0. The van der Waals surface area contributed by atoms with Crippen molar-refractivity contribution in [1.82, 2.24) is 4.98 Å². The third-order valence-electron chi connectivity index (χ3n) is 2.80. The van der Waals surface area contributed by atoms with Gasteiger partial charge in [0.15, 0.2) is 4.34 Å². The number of thioether (sulfide) groups is 2. The van der Waals surface area contributed by atoms with Gasteiger partial charge in [-0.2, -0.15) is 0 Å². The van der Waals surface area contributed by atoms with E-state index < -0.39 is 0 Å². The molecule has 0 atom stereocenters. The Morgan fingerprint density at radius 3 is 2.58 bits per heavy atom. The largest absolute Gasteiger partial charge is 0.230 e. The van der Waals surface area contributed by atoms with E-state index in [1.165, 1.54) is 15.2 Å². The van der Waals surface area contributed by atoms with Crippen LogP contribution in [0.25, 0.3) is 10.2 Å². The van der Waals surface area contributed by atoms with Gasteiger partial charge in [0.25, 0.3) is 0 Å². The smallest absolute Gasteiger partial charge is 0.151 e. The Hall–Kier alpha value is -0.970. The third-order valence-corrected chi connectivity index (χ3v) is 5.79. The molecule has 4 heteroatoms. The van der Waals surface area contributed by atoms with Gasteiger partial charge in [0.05, 0.1) is 10.2 Å². The number of aromatic nitrogens is 1. The first-order chi connectivity index (χ1) is 9.35. The number of nitrogens with zero attached hydrogens (tertiary/aromatic N) is 1. The highest BCUT2D eigenvalue weighted by Gasteiger charge is 2.04. The van der Waals surface area contributed by atoms with Crippen LogP contribution in [0.5, 0.6) is 0 Å². The van der Waals surface area contributed by atoms with Crippen molar-refractivity contribution in [3.63, 3.8) is 0 Å². The Morgan fingerprint density at radius 1 is 1.05 bits per heavy atom. The molecule has 0 aliphatic carbocycles. The van der Waals surface area contributed by atoms with Crippen LogP contribution < -0.4 is 0 Å². The van der Waals surface area contributed by atoms with Crippen molar-refractivity contribution >= 4 is 45.1 Å². The molecule has 0 amide bonds. The van der Waals surface area contributed by atoms with Crippen molar-refractivity contribution in [2.45, 2.75) is 15.0 Å². The molecule has 0 spiro atoms. The predicted octanol–water partition coefficient (Wildman–Crippen LogP) is 5.31. The Bertz CT molecular complexity index is 640. The molecular formula is C15H13NS3. The minimum Gasteiger partial charge on any atom is -0.230 e. The Kier molecular flexibility index (Phi) is 4.11. The van der Waals surface area contributed by atoms with E-state index in [9.17, 15) is 0 Å². The summed E-state index contributed by atoms with van der Waals surface area (Å²) in [5, 5.41) is 0. The Balaban J connectivity index is 1.70. The van der Waals surface area contributed by atoms with Crippen LogP contribution >= 0.6 is 34.9 Å². The summed E-state index contributed by atoms with van der Waals surface area (Å²) in [4.78, 5) is 5.95. The first-order valence-corrected chi connectivity index (χ1v) is 8.99. The van der Waals surface area contributed by atoms with Crippen LogP contribution in [0.1, 0.15) is 5.56 Å². The van der Waals surface area contributed by atoms with Gasteiger partial charge in [0.2, 0.25) is 0 Å². The molecular weight excluding hydrogens is 290 g/mol. The van der Waals surface area contributed by atoms with E-state index in [1.54, 1.807) is 23.1 Å². The minimum absolute atomic E-state index is 0.981. The first-order valence-electron chi connectivity index (χ1n) is 5.96. The summed E-state index contributed by atoms with van der Waals surface area (Å²) in [6.07, 6.45) is 2.10. The molecule has 3 rings (SSSR count). The van der Waals surface area contributed by atoms with Crippen LogP contribution in [0.4, 0.5) is 0 Å². The monoisotopic (exact) mass is 303 g/mol. The lowest BCUT2D eigenvalue weighted by molar-refractivity contribution is 1.28. The summed E-state index contributed by atoms with van der Waals surface area (Å²) in [5.74, 6) is 0.981. The lowest BCUT2D eigenvalue weighted by Crippen LogP contribution is -1.80. The number of rotatable bonds is 4. The van der Waals surface area contributed by atoms with Gasteiger partial charge >= 0.3 is 0 Å². The summed E-state index contributed by atoms with van der Waals surface area (Å²) in [6, 6.07) is 17.1. The number of benzene rings is 2. The third kappa shape index (κ3) is 3.14. The van der Waals surface area contributed by atoms with Gasteiger partial charge in [-0.05, 0) is 36.1 Å². The van der Waals surface area contributed by atoms with Gasteiger partial charge in [-0.3, -0.25) is 0 Å². The standard InChI is InChI=1S/C15H13NS3/c1-17-12-8-6-11(7-9-12)10-18-15-16-13-4-2-3-5-14(13)19-15/h2-9H,10H2,1H3. The van der Waals surface area contributed by atoms with Crippen LogP contribution in [0.3, 0.4) is 0 Å². The van der Waals surface area contributed by atoms with E-state index in [-0.39, 0.29) is 0 Å². The van der Waals surface area contributed by atoms with E-state index in [0.29, 0.717) is 0 Å². The van der Waals surface area contributed by atoms with Crippen molar-refractivity contribution in [2.75, 3.05) is 6.26 Å². The fraction of sp³-hybridized carbons (Fsp3) is 0.133. The normalized spacial score (nSPS) is 11.0. The van der Waals surface area contributed by atoms with Crippen LogP contribution in [0.2, 0.25) is 0 Å². The second kappa shape index (κ2) is 5.99. The zero-order chi connectivity index (χ0) is 13.1. The summed E-state index contributed by atoms with van der Waals surface area (Å²) >= 11 is 5.36. The van der Waals surface area contributed by atoms with E-state index in [4.69, 9.17) is 0 Å². The fourth-order valence-corrected chi connectivity index (χ4v) is 4.21. The maximum absolute atomic E-state index is 4.64. The molecule has 0 saturated heterocycles. The van der Waals surface area contributed by atoms with Gasteiger partial charge in [-0.15, -0.1) is 23.1 Å². The van der Waals surface area contributed by atoms with Crippen LogP contribution in [0, 0.1) is 0 Å². The molecule has 0 fully saturated rings. The van der Waals surface area contributed by atoms with E-state index >= 15 is 0 Å². The van der Waals surface area contributed by atoms with Crippen molar-refractivity contribution in [3.8, 4) is 0 Å². The van der Waals surface area contributed by atoms with E-state index in [0.717, 1.165) is 15.6 Å². The molecule has 0 unspecified atom stereocenters. The van der Waals surface area contributed by atoms with Crippen molar-refractivity contribution in [3.05, 3.63) is 54.1 Å². The second-order valence-electron chi connectivity index (χ2n) is 4.08. The predicted molar refractivity (Wildman–Crippen MR) is 87.4 cm³/mol. The molecule has 2 aromatic carbocycles. The van der Waals surface area contributed by atoms with E-state index in [1.807, 2.05) is 17.8 Å². The highest BCUT2D eigenvalue weighted by molar-refractivity contribution is 8.00. The molecule has 0 bridgehead atoms. The lowest BCUT2D eigenvalue weighted by Gasteiger charge is -2.00. The van der Waals surface area contributed by atoms with Gasteiger partial charge in [-0.25, -0.2) is 4.98 Å². The van der Waals surface area contributed by atoms with Crippen LogP contribution in [-0.4, -0.2) is 11.2 Å². The molecule has 0 aliphatic rings. The van der Waals surface area contributed by atoms with Gasteiger partial charge in [0.1, 0.15) is 0 Å². The highest BCUT2D eigenvalue weighted by Crippen LogP contribution is 2.31. The first kappa shape index (κ1) is 13.0. The lowest BCUT2D eigenvalue weighted by atomic mass is 10.2. The number of hydrogen-bond acceptors (Lipinski definition) is 4. The molecule has 1 aromatic heterocycles. The molecule has 0 N–H and O–H groups in total. The topological polar surface area (TPSA) is 12.9 Å². The average Bonchev–Trinajstić information content (AvgIpc) is 2.88. The highest BCUT2D eigenvalue weighted by atomic mass is 32.2.